The quantitative estimate of drug-likeness (QED) is 0.241. The van der Waals surface area contributed by atoms with Gasteiger partial charge in [-0.25, -0.2) is 9.76 Å². The summed E-state index contributed by atoms with van der Waals surface area (Å²) in [6, 6.07) is 0. The number of hydrogen-bond acceptors (Lipinski definition) is 5. The van der Waals surface area contributed by atoms with Crippen LogP contribution in [0.3, 0.4) is 0 Å². The molecular formula is C9H21CaCl2N2O5PS2. The summed E-state index contributed by atoms with van der Waals surface area (Å²) in [5.74, 6) is 0.467. The van der Waals surface area contributed by atoms with Gasteiger partial charge in [-0.3, -0.25) is 9.12 Å². The first-order chi connectivity index (χ1) is 9.80. The monoisotopic (exact) mass is 442 g/mol. The number of thioether (sulfide) groups is 1. The van der Waals surface area contributed by atoms with E-state index in [-0.39, 0.29) is 57.5 Å². The number of rotatable bonds is 9. The van der Waals surface area contributed by atoms with Crippen LogP contribution in [0.5, 0.6) is 0 Å². The van der Waals surface area contributed by atoms with Gasteiger partial charge >= 0.3 is 45.4 Å². The Kier molecular flexibility index (Phi) is 12.9. The molecule has 2 N–H and O–H groups in total. The fraction of sp³-hybridized carbons (Fsp3) is 1.00. The number of halogens is 2. The predicted molar refractivity (Wildman–Crippen MR) is 95.0 cm³/mol. The maximum atomic E-state index is 12.8. The van der Waals surface area contributed by atoms with Gasteiger partial charge in [-0.2, -0.15) is 8.42 Å². The maximum Gasteiger partial charge on any atom is 2.00 e. The molecule has 22 heavy (non-hydrogen) atoms. The van der Waals surface area contributed by atoms with Crippen molar-refractivity contribution in [2.45, 2.75) is 11.8 Å². The SMILES string of the molecule is O=P1(N(CCCl)CCCl)NC(SCCS(=O)(=O)O)CCO1.[Ca+2].[H-].[H-]. The summed E-state index contributed by atoms with van der Waals surface area (Å²) >= 11 is 12.7. The van der Waals surface area contributed by atoms with E-state index < -0.39 is 17.8 Å². The molecule has 2 atom stereocenters. The zero-order valence-corrected chi connectivity index (χ0v) is 18.2. The predicted octanol–water partition coefficient (Wildman–Crippen LogP) is 1.68. The summed E-state index contributed by atoms with van der Waals surface area (Å²) < 4.78 is 49.8. The first kappa shape index (κ1) is 24.2. The summed E-state index contributed by atoms with van der Waals surface area (Å²) in [7, 11) is -7.19. The fourth-order valence-electron chi connectivity index (χ4n) is 1.72. The van der Waals surface area contributed by atoms with Gasteiger partial charge in [0.25, 0.3) is 10.1 Å². The molecule has 1 aliphatic rings. The smallest absolute Gasteiger partial charge is 1.00 e. The second kappa shape index (κ2) is 11.8. The topological polar surface area (TPSA) is 95.9 Å². The molecule has 0 amide bonds. The van der Waals surface area contributed by atoms with Gasteiger partial charge in [0, 0.05) is 30.6 Å². The van der Waals surface area contributed by atoms with Crippen LogP contribution >= 0.6 is 42.6 Å². The van der Waals surface area contributed by atoms with Crippen molar-refractivity contribution >= 4 is 90.5 Å². The number of alkyl halides is 2. The van der Waals surface area contributed by atoms with E-state index in [1.54, 1.807) is 4.67 Å². The van der Waals surface area contributed by atoms with Crippen LogP contribution in [0, 0.1) is 0 Å². The minimum absolute atomic E-state index is 0. The van der Waals surface area contributed by atoms with Crippen LogP contribution < -0.4 is 5.09 Å². The number of hydrogen-bond donors (Lipinski definition) is 2. The van der Waals surface area contributed by atoms with Crippen molar-refractivity contribution in [2.75, 3.05) is 43.0 Å². The van der Waals surface area contributed by atoms with E-state index in [0.717, 1.165) is 0 Å². The first-order valence-electron chi connectivity index (χ1n) is 6.27. The zero-order chi connectivity index (χ0) is 15.9. The second-order valence-corrected chi connectivity index (χ2v) is 10.0. The van der Waals surface area contributed by atoms with Crippen LogP contribution in [0.2, 0.25) is 0 Å². The zero-order valence-electron chi connectivity index (χ0n) is 14.0. The molecule has 0 aromatic rings. The summed E-state index contributed by atoms with van der Waals surface area (Å²) in [5, 5.41) is 2.71. The third-order valence-corrected chi connectivity index (χ3v) is 7.67. The van der Waals surface area contributed by atoms with Crippen LogP contribution in [0.15, 0.2) is 0 Å². The van der Waals surface area contributed by atoms with Crippen molar-refractivity contribution in [2.24, 2.45) is 0 Å². The van der Waals surface area contributed by atoms with Gasteiger partial charge in [0.05, 0.1) is 17.7 Å². The third-order valence-electron chi connectivity index (χ3n) is 2.67. The third kappa shape index (κ3) is 9.06. The van der Waals surface area contributed by atoms with Crippen molar-refractivity contribution in [3.63, 3.8) is 0 Å². The molecule has 1 rings (SSSR count). The minimum Gasteiger partial charge on any atom is -1.00 e. The van der Waals surface area contributed by atoms with E-state index in [4.69, 9.17) is 32.3 Å². The van der Waals surface area contributed by atoms with E-state index in [1.165, 1.54) is 11.8 Å². The largest absolute Gasteiger partial charge is 2.00 e. The molecule has 13 heteroatoms. The molecule has 1 fully saturated rings. The van der Waals surface area contributed by atoms with Gasteiger partial charge in [0.2, 0.25) is 0 Å². The van der Waals surface area contributed by atoms with Crippen LogP contribution in [0.4, 0.5) is 0 Å². The Bertz CT molecular complexity index is 477. The summed E-state index contributed by atoms with van der Waals surface area (Å²) in [4.78, 5) is 0. The Morgan fingerprint density at radius 3 is 2.50 bits per heavy atom. The Morgan fingerprint density at radius 2 is 2.00 bits per heavy atom. The van der Waals surface area contributed by atoms with Crippen LogP contribution in [0.25, 0.3) is 0 Å². The van der Waals surface area contributed by atoms with Crippen molar-refractivity contribution in [3.8, 4) is 0 Å². The molecule has 0 spiro atoms. The van der Waals surface area contributed by atoms with Crippen molar-refractivity contribution < 1.29 is 24.9 Å². The van der Waals surface area contributed by atoms with Crippen LogP contribution in [-0.4, -0.2) is 104 Å². The Hall–Kier alpha value is 2.21. The van der Waals surface area contributed by atoms with E-state index in [1.807, 2.05) is 0 Å². The molecule has 1 heterocycles. The molecule has 2 unspecified atom stereocenters. The van der Waals surface area contributed by atoms with Gasteiger partial charge in [0.1, 0.15) is 0 Å². The molecule has 0 radical (unpaired) electrons. The van der Waals surface area contributed by atoms with Crippen molar-refractivity contribution in [1.82, 2.24) is 9.76 Å². The Labute approximate surface area is 178 Å². The fourth-order valence-corrected chi connectivity index (χ4v) is 6.81. The molecule has 0 bridgehead atoms. The van der Waals surface area contributed by atoms with Gasteiger partial charge in [-0.15, -0.1) is 35.0 Å². The minimum atomic E-state index is -3.98. The van der Waals surface area contributed by atoms with E-state index in [2.05, 4.69) is 5.09 Å². The average Bonchev–Trinajstić information content (AvgIpc) is 2.37. The Balaban J connectivity index is -0.00000147. The van der Waals surface area contributed by atoms with Gasteiger partial charge in [0.15, 0.2) is 0 Å². The normalized spacial score (nSPS) is 25.9. The summed E-state index contributed by atoms with van der Waals surface area (Å²) in [5.41, 5.74) is 0. The van der Waals surface area contributed by atoms with Crippen molar-refractivity contribution in [1.29, 1.82) is 0 Å². The van der Waals surface area contributed by atoms with E-state index >= 15 is 0 Å². The molecule has 1 saturated heterocycles. The van der Waals surface area contributed by atoms with Crippen LogP contribution in [-0.2, 0) is 19.2 Å². The van der Waals surface area contributed by atoms with E-state index in [0.29, 0.717) is 37.9 Å². The summed E-state index contributed by atoms with van der Waals surface area (Å²) in [6.07, 6.45) is 0.593. The average molecular weight is 443 g/mol. The molecule has 0 aromatic carbocycles. The molecule has 7 nitrogen and oxygen atoms in total. The van der Waals surface area contributed by atoms with Gasteiger partial charge < -0.3 is 7.38 Å². The molecular weight excluding hydrogens is 422 g/mol. The Morgan fingerprint density at radius 1 is 1.41 bits per heavy atom. The number of nitrogens with zero attached hydrogens (tertiary/aromatic N) is 1. The maximum absolute atomic E-state index is 12.8. The molecule has 1 aliphatic heterocycles. The standard InChI is InChI=1S/C9H19Cl2N2O5PS2.Ca.2H/c10-2-4-13(5-3-11)19(14)12-9(1-6-18-19)20-7-8-21(15,16)17;;;/h9H,1-8H2,(H,12,14)(H,15,16,17);;;/q;+2;2*-1. The molecule has 0 aromatic heterocycles. The summed E-state index contributed by atoms with van der Waals surface area (Å²) in [6.45, 7) is 1.05. The first-order valence-corrected chi connectivity index (χ1v) is 11.6. The second-order valence-electron chi connectivity index (χ2n) is 4.25. The molecule has 130 valence electrons. The van der Waals surface area contributed by atoms with Crippen LogP contribution in [0.1, 0.15) is 9.27 Å². The van der Waals surface area contributed by atoms with E-state index in [9.17, 15) is 13.0 Å². The molecule has 0 saturated carbocycles. The van der Waals surface area contributed by atoms with Gasteiger partial charge in [-0.05, 0) is 6.42 Å². The van der Waals surface area contributed by atoms with Crippen molar-refractivity contribution in [3.05, 3.63) is 0 Å². The number of nitrogens with one attached hydrogen (secondary N) is 1. The van der Waals surface area contributed by atoms with Gasteiger partial charge in [-0.1, -0.05) is 0 Å². The molecule has 0 aliphatic carbocycles.